The number of benzene rings is 1. The zero-order chi connectivity index (χ0) is 17.8. The number of pyridine rings is 1. The minimum atomic E-state index is 0.791. The van der Waals surface area contributed by atoms with Gasteiger partial charge in [-0.25, -0.2) is 0 Å². The normalized spacial score (nSPS) is 14.1. The second kappa shape index (κ2) is 7.70. The molecule has 0 bridgehead atoms. The monoisotopic (exact) mass is 347 g/mol. The van der Waals surface area contributed by atoms with Crippen molar-refractivity contribution in [3.63, 3.8) is 0 Å². The van der Waals surface area contributed by atoms with Gasteiger partial charge >= 0.3 is 0 Å². The Labute approximate surface area is 154 Å². The van der Waals surface area contributed by atoms with Gasteiger partial charge in [0, 0.05) is 68.6 Å². The molecule has 1 aliphatic rings. The number of aromatic nitrogens is 3. The fraction of sp³-hybridized carbons (Fsp3) is 0.333. The maximum Gasteiger partial charge on any atom is 0.0969 e. The van der Waals surface area contributed by atoms with Crippen molar-refractivity contribution >= 4 is 5.69 Å². The first-order valence-corrected chi connectivity index (χ1v) is 9.27. The first-order chi connectivity index (χ1) is 12.8. The van der Waals surface area contributed by atoms with Crippen LogP contribution in [-0.4, -0.2) is 27.9 Å². The van der Waals surface area contributed by atoms with Gasteiger partial charge in [-0.05, 0) is 42.7 Å². The van der Waals surface area contributed by atoms with Gasteiger partial charge in [0.25, 0.3) is 0 Å². The molecule has 1 aliphatic heterocycles. The molecule has 4 rings (SSSR count). The number of nitrogens with one attached hydrogen (secondary N) is 1. The van der Waals surface area contributed by atoms with Crippen LogP contribution in [0.15, 0.2) is 55.0 Å². The molecule has 1 aromatic carbocycles. The second-order valence-electron chi connectivity index (χ2n) is 6.88. The molecular formula is C21H25N5. The van der Waals surface area contributed by atoms with Crippen LogP contribution in [0, 0.1) is 0 Å². The van der Waals surface area contributed by atoms with E-state index in [0.29, 0.717) is 0 Å². The third kappa shape index (κ3) is 3.78. The van der Waals surface area contributed by atoms with Crippen LogP contribution < -0.4 is 10.2 Å². The molecule has 1 N–H and O–H groups in total. The molecule has 1 fully saturated rings. The van der Waals surface area contributed by atoms with E-state index >= 15 is 0 Å². The molecule has 0 saturated carbocycles. The summed E-state index contributed by atoms with van der Waals surface area (Å²) >= 11 is 0. The number of rotatable bonds is 6. The van der Waals surface area contributed by atoms with E-state index in [2.05, 4.69) is 50.8 Å². The van der Waals surface area contributed by atoms with E-state index < -0.39 is 0 Å². The summed E-state index contributed by atoms with van der Waals surface area (Å²) in [6.07, 6.45) is 8.33. The highest BCUT2D eigenvalue weighted by Crippen LogP contribution is 2.22. The number of hydrogen-bond donors (Lipinski definition) is 1. The van der Waals surface area contributed by atoms with Gasteiger partial charge in [0.15, 0.2) is 0 Å². The molecule has 134 valence electrons. The Morgan fingerprint density at radius 2 is 1.69 bits per heavy atom. The summed E-state index contributed by atoms with van der Waals surface area (Å²) in [5.74, 6) is 0. The Morgan fingerprint density at radius 1 is 0.962 bits per heavy atom. The average molecular weight is 347 g/mol. The third-order valence-electron chi connectivity index (χ3n) is 4.91. The molecular weight excluding hydrogens is 322 g/mol. The van der Waals surface area contributed by atoms with Crippen molar-refractivity contribution in [2.24, 2.45) is 7.05 Å². The minimum Gasteiger partial charge on any atom is -0.372 e. The van der Waals surface area contributed by atoms with Crippen LogP contribution in [0.2, 0.25) is 0 Å². The van der Waals surface area contributed by atoms with E-state index in [9.17, 15) is 0 Å². The molecule has 0 radical (unpaired) electrons. The summed E-state index contributed by atoms with van der Waals surface area (Å²) in [7, 11) is 1.96. The Morgan fingerprint density at radius 3 is 2.42 bits per heavy atom. The quantitative estimate of drug-likeness (QED) is 0.743. The average Bonchev–Trinajstić information content (AvgIpc) is 3.33. The van der Waals surface area contributed by atoms with Crippen molar-refractivity contribution in [1.29, 1.82) is 0 Å². The fourth-order valence-electron chi connectivity index (χ4n) is 3.56. The lowest BCUT2D eigenvalue weighted by Gasteiger charge is -2.17. The molecule has 5 heteroatoms. The van der Waals surface area contributed by atoms with Crippen LogP contribution >= 0.6 is 0 Å². The molecule has 3 heterocycles. The summed E-state index contributed by atoms with van der Waals surface area (Å²) in [6.45, 7) is 4.02. The van der Waals surface area contributed by atoms with Crippen molar-refractivity contribution in [1.82, 2.24) is 20.1 Å². The maximum absolute atomic E-state index is 4.61. The Kier molecular flexibility index (Phi) is 4.97. The highest BCUT2D eigenvalue weighted by Gasteiger charge is 2.12. The Hall–Kier alpha value is -2.66. The van der Waals surface area contributed by atoms with Crippen molar-refractivity contribution < 1.29 is 0 Å². The van der Waals surface area contributed by atoms with Gasteiger partial charge in [-0.15, -0.1) is 0 Å². The Bertz CT molecular complexity index is 833. The molecule has 0 spiro atoms. The first-order valence-electron chi connectivity index (χ1n) is 9.27. The van der Waals surface area contributed by atoms with E-state index in [1.54, 1.807) is 0 Å². The van der Waals surface area contributed by atoms with Crippen molar-refractivity contribution in [3.05, 3.63) is 66.1 Å². The van der Waals surface area contributed by atoms with Crippen LogP contribution in [-0.2, 0) is 20.1 Å². The fourth-order valence-corrected chi connectivity index (χ4v) is 3.56. The highest BCUT2D eigenvalue weighted by molar-refractivity contribution is 5.61. The topological polar surface area (TPSA) is 46.0 Å². The first kappa shape index (κ1) is 16.8. The number of hydrogen-bond acceptors (Lipinski definition) is 4. The van der Waals surface area contributed by atoms with Gasteiger partial charge in [0.05, 0.1) is 5.69 Å². The molecule has 0 unspecified atom stereocenters. The SMILES string of the molecule is Cn1cc(CNCc2ccc(N3CCCC3)cc2)c(-c2ccncc2)n1. The van der Waals surface area contributed by atoms with Gasteiger partial charge in [0.1, 0.15) is 0 Å². The van der Waals surface area contributed by atoms with Gasteiger partial charge < -0.3 is 10.2 Å². The van der Waals surface area contributed by atoms with Crippen LogP contribution in [0.5, 0.6) is 0 Å². The van der Waals surface area contributed by atoms with Crippen LogP contribution in [0.1, 0.15) is 24.0 Å². The van der Waals surface area contributed by atoms with Gasteiger partial charge in [-0.2, -0.15) is 5.10 Å². The second-order valence-corrected chi connectivity index (χ2v) is 6.88. The zero-order valence-electron chi connectivity index (χ0n) is 15.2. The Balaban J connectivity index is 1.38. The maximum atomic E-state index is 4.61. The molecule has 26 heavy (non-hydrogen) atoms. The van der Waals surface area contributed by atoms with E-state index in [1.165, 1.54) is 42.7 Å². The van der Waals surface area contributed by atoms with Crippen molar-refractivity contribution in [2.75, 3.05) is 18.0 Å². The highest BCUT2D eigenvalue weighted by atomic mass is 15.3. The number of aryl methyl sites for hydroxylation is 1. The smallest absolute Gasteiger partial charge is 0.0969 e. The van der Waals surface area contributed by atoms with E-state index in [-0.39, 0.29) is 0 Å². The lowest BCUT2D eigenvalue weighted by atomic mass is 10.1. The zero-order valence-corrected chi connectivity index (χ0v) is 15.2. The van der Waals surface area contributed by atoms with Gasteiger partial charge in [0.2, 0.25) is 0 Å². The van der Waals surface area contributed by atoms with Gasteiger partial charge in [-0.3, -0.25) is 9.67 Å². The standard InChI is InChI=1S/C21H25N5/c1-25-16-19(21(24-25)18-8-10-22-11-9-18)15-23-14-17-4-6-20(7-5-17)26-12-2-3-13-26/h4-11,16,23H,2-3,12-15H2,1H3. The van der Waals surface area contributed by atoms with Crippen LogP contribution in [0.3, 0.4) is 0 Å². The van der Waals surface area contributed by atoms with E-state index in [4.69, 9.17) is 0 Å². The summed E-state index contributed by atoms with van der Waals surface area (Å²) in [6, 6.07) is 13.0. The third-order valence-corrected chi connectivity index (χ3v) is 4.91. The predicted molar refractivity (Wildman–Crippen MR) is 105 cm³/mol. The summed E-state index contributed by atoms with van der Waals surface area (Å²) in [5.41, 5.74) is 5.98. The summed E-state index contributed by atoms with van der Waals surface area (Å²) < 4.78 is 1.87. The molecule has 0 amide bonds. The molecule has 5 nitrogen and oxygen atoms in total. The largest absolute Gasteiger partial charge is 0.372 e. The molecule has 0 aliphatic carbocycles. The summed E-state index contributed by atoms with van der Waals surface area (Å²) in [5, 5.41) is 8.15. The molecule has 2 aromatic heterocycles. The lowest BCUT2D eigenvalue weighted by Crippen LogP contribution is -2.17. The summed E-state index contributed by atoms with van der Waals surface area (Å²) in [4.78, 5) is 6.56. The van der Waals surface area contributed by atoms with Crippen LogP contribution in [0.4, 0.5) is 5.69 Å². The van der Waals surface area contributed by atoms with Crippen molar-refractivity contribution in [2.45, 2.75) is 25.9 Å². The van der Waals surface area contributed by atoms with E-state index in [0.717, 1.165) is 24.3 Å². The molecule has 3 aromatic rings. The minimum absolute atomic E-state index is 0.791. The predicted octanol–water partition coefficient (Wildman–Crippen LogP) is 3.37. The van der Waals surface area contributed by atoms with Gasteiger partial charge in [-0.1, -0.05) is 12.1 Å². The van der Waals surface area contributed by atoms with Crippen molar-refractivity contribution in [3.8, 4) is 11.3 Å². The number of nitrogens with zero attached hydrogens (tertiary/aromatic N) is 4. The lowest BCUT2D eigenvalue weighted by molar-refractivity contribution is 0.692. The molecule has 0 atom stereocenters. The van der Waals surface area contributed by atoms with E-state index in [1.807, 2.05) is 36.3 Å². The number of anilines is 1. The van der Waals surface area contributed by atoms with Crippen LogP contribution in [0.25, 0.3) is 11.3 Å². The molecule has 1 saturated heterocycles.